The maximum absolute atomic E-state index is 11.8. The molecule has 7 heteroatoms. The zero-order valence-corrected chi connectivity index (χ0v) is 12.8. The average Bonchev–Trinajstić information content (AvgIpc) is 2.85. The van der Waals surface area contributed by atoms with E-state index in [0.29, 0.717) is 13.1 Å². The summed E-state index contributed by atoms with van der Waals surface area (Å²) in [6.45, 7) is 6.64. The van der Waals surface area contributed by atoms with Crippen LogP contribution in [0.5, 0.6) is 0 Å². The van der Waals surface area contributed by atoms with Gasteiger partial charge in [-0.1, -0.05) is 0 Å². The van der Waals surface area contributed by atoms with Gasteiger partial charge in [0.2, 0.25) is 0 Å². The summed E-state index contributed by atoms with van der Waals surface area (Å²) in [6, 6.07) is 1.91. The van der Waals surface area contributed by atoms with E-state index in [2.05, 4.69) is 20.3 Å². The fraction of sp³-hybridized carbons (Fsp3) is 0.500. The molecule has 0 bridgehead atoms. The maximum Gasteiger partial charge on any atom is 0.410 e. The number of nitrogens with one attached hydrogen (secondary N) is 2. The van der Waals surface area contributed by atoms with Crippen LogP contribution >= 0.6 is 0 Å². The van der Waals surface area contributed by atoms with E-state index in [4.69, 9.17) is 4.74 Å². The monoisotopic (exact) mass is 291 g/mol. The lowest BCUT2D eigenvalue weighted by Crippen LogP contribution is -2.36. The smallest absolute Gasteiger partial charge is 0.410 e. The molecule has 2 N–H and O–H groups in total. The Morgan fingerprint density at radius 2 is 2.19 bits per heavy atom. The van der Waals surface area contributed by atoms with Gasteiger partial charge in [0, 0.05) is 26.3 Å². The van der Waals surface area contributed by atoms with Crippen molar-refractivity contribution in [2.75, 3.05) is 25.5 Å². The highest BCUT2D eigenvalue weighted by Gasteiger charge is 2.19. The number of rotatable bonds is 4. The minimum absolute atomic E-state index is 0.334. The van der Waals surface area contributed by atoms with Gasteiger partial charge in [-0.05, 0) is 26.8 Å². The molecule has 2 rings (SSSR count). The van der Waals surface area contributed by atoms with Crippen molar-refractivity contribution < 1.29 is 9.53 Å². The third-order valence-electron chi connectivity index (χ3n) is 2.80. The van der Waals surface area contributed by atoms with Crippen LogP contribution in [0.15, 0.2) is 18.6 Å². The Balaban J connectivity index is 1.87. The molecule has 7 nitrogen and oxygen atoms in total. The number of hydrogen-bond acceptors (Lipinski definition) is 5. The molecule has 0 aliphatic carbocycles. The van der Waals surface area contributed by atoms with Gasteiger partial charge in [0.15, 0.2) is 0 Å². The molecule has 2 heterocycles. The van der Waals surface area contributed by atoms with Crippen LogP contribution in [-0.4, -0.2) is 51.7 Å². The Kier molecular flexibility index (Phi) is 4.30. The van der Waals surface area contributed by atoms with Crippen LogP contribution in [-0.2, 0) is 4.74 Å². The van der Waals surface area contributed by atoms with Gasteiger partial charge in [-0.15, -0.1) is 0 Å². The number of amides is 1. The summed E-state index contributed by atoms with van der Waals surface area (Å²) in [7, 11) is 1.71. The number of likely N-dealkylation sites (N-methyl/N-ethyl adjacent to an activating group) is 1. The van der Waals surface area contributed by atoms with Gasteiger partial charge >= 0.3 is 6.09 Å². The van der Waals surface area contributed by atoms with Crippen molar-refractivity contribution in [3.8, 4) is 0 Å². The molecular weight excluding hydrogens is 270 g/mol. The Morgan fingerprint density at radius 1 is 1.43 bits per heavy atom. The molecule has 21 heavy (non-hydrogen) atoms. The number of carbonyl (C=O) groups is 1. The van der Waals surface area contributed by atoms with Gasteiger partial charge in [0.25, 0.3) is 0 Å². The van der Waals surface area contributed by atoms with E-state index >= 15 is 0 Å². The second-order valence-corrected chi connectivity index (χ2v) is 5.79. The number of aromatic nitrogens is 3. The lowest BCUT2D eigenvalue weighted by Gasteiger charge is -2.24. The first-order valence-corrected chi connectivity index (χ1v) is 6.83. The predicted molar refractivity (Wildman–Crippen MR) is 81.2 cm³/mol. The molecule has 0 unspecified atom stereocenters. The van der Waals surface area contributed by atoms with Crippen LogP contribution in [0.25, 0.3) is 11.0 Å². The number of anilines is 1. The predicted octanol–water partition coefficient (Wildman–Crippen LogP) is 2.24. The minimum Gasteiger partial charge on any atom is -0.444 e. The maximum atomic E-state index is 11.8. The van der Waals surface area contributed by atoms with Crippen molar-refractivity contribution in [1.29, 1.82) is 0 Å². The molecule has 0 aliphatic heterocycles. The van der Waals surface area contributed by atoms with Crippen LogP contribution < -0.4 is 5.32 Å². The summed E-state index contributed by atoms with van der Waals surface area (Å²) >= 11 is 0. The number of hydrogen-bond donors (Lipinski definition) is 2. The lowest BCUT2D eigenvalue weighted by molar-refractivity contribution is 0.0305. The van der Waals surface area contributed by atoms with Gasteiger partial charge < -0.3 is 19.9 Å². The molecule has 0 atom stereocenters. The summed E-state index contributed by atoms with van der Waals surface area (Å²) in [5.74, 6) is 0.749. The van der Waals surface area contributed by atoms with Crippen molar-refractivity contribution in [2.45, 2.75) is 26.4 Å². The summed E-state index contributed by atoms with van der Waals surface area (Å²) in [5, 5.41) is 4.13. The molecule has 2 aromatic rings. The van der Waals surface area contributed by atoms with Crippen LogP contribution in [0.1, 0.15) is 20.8 Å². The third kappa shape index (κ3) is 4.08. The quantitative estimate of drug-likeness (QED) is 0.902. The van der Waals surface area contributed by atoms with E-state index in [1.54, 1.807) is 7.05 Å². The summed E-state index contributed by atoms with van der Waals surface area (Å²) in [6.07, 6.45) is 2.98. The number of fused-ring (bicyclic) bond motifs is 1. The molecule has 2 aromatic heterocycles. The minimum atomic E-state index is -0.483. The fourth-order valence-electron chi connectivity index (χ4n) is 1.79. The average molecular weight is 291 g/mol. The Labute approximate surface area is 123 Å². The van der Waals surface area contributed by atoms with Crippen molar-refractivity contribution in [3.63, 3.8) is 0 Å². The Bertz CT molecular complexity index is 617. The van der Waals surface area contributed by atoms with Crippen molar-refractivity contribution in [1.82, 2.24) is 19.9 Å². The second kappa shape index (κ2) is 5.99. The molecular formula is C14H21N5O2. The number of ether oxygens (including phenoxy) is 1. The summed E-state index contributed by atoms with van der Waals surface area (Å²) in [5.41, 5.74) is 0.302. The largest absolute Gasteiger partial charge is 0.444 e. The van der Waals surface area contributed by atoms with Crippen molar-refractivity contribution in [3.05, 3.63) is 18.6 Å². The Hall–Kier alpha value is -2.31. The number of aromatic amines is 1. The molecule has 0 aromatic carbocycles. The number of H-pyrrole nitrogens is 1. The van der Waals surface area contributed by atoms with Gasteiger partial charge in [-0.3, -0.25) is 0 Å². The first-order valence-electron chi connectivity index (χ1n) is 6.83. The van der Waals surface area contributed by atoms with Crippen LogP contribution in [0.2, 0.25) is 0 Å². The normalized spacial score (nSPS) is 11.4. The van der Waals surface area contributed by atoms with Crippen LogP contribution in [0.4, 0.5) is 10.6 Å². The highest BCUT2D eigenvalue weighted by atomic mass is 16.6. The van der Waals surface area contributed by atoms with Crippen LogP contribution in [0.3, 0.4) is 0 Å². The molecule has 0 aliphatic rings. The van der Waals surface area contributed by atoms with Crippen molar-refractivity contribution >= 4 is 22.9 Å². The van der Waals surface area contributed by atoms with E-state index in [1.165, 1.54) is 11.2 Å². The topological polar surface area (TPSA) is 83.1 Å². The highest BCUT2D eigenvalue weighted by molar-refractivity contribution is 5.86. The molecule has 114 valence electrons. The molecule has 0 saturated heterocycles. The van der Waals surface area contributed by atoms with E-state index in [1.807, 2.05) is 33.0 Å². The third-order valence-corrected chi connectivity index (χ3v) is 2.80. The molecule has 0 spiro atoms. The molecule has 0 saturated carbocycles. The van der Waals surface area contributed by atoms with E-state index in [0.717, 1.165) is 16.9 Å². The first-order chi connectivity index (χ1) is 9.87. The number of nitrogens with zero attached hydrogens (tertiary/aromatic N) is 3. The lowest BCUT2D eigenvalue weighted by atomic mass is 10.2. The summed E-state index contributed by atoms with van der Waals surface area (Å²) in [4.78, 5) is 24.7. The highest BCUT2D eigenvalue weighted by Crippen LogP contribution is 2.17. The van der Waals surface area contributed by atoms with Crippen molar-refractivity contribution in [2.24, 2.45) is 0 Å². The van der Waals surface area contributed by atoms with Crippen LogP contribution in [0, 0.1) is 0 Å². The standard InChI is InChI=1S/C14H21N5O2/c1-14(2,3)21-13(20)19(4)8-7-16-12-10-5-6-15-11(10)17-9-18-12/h5-6,9H,7-8H2,1-4H3,(H2,15,16,17,18). The molecule has 0 fully saturated rings. The van der Waals surface area contributed by atoms with E-state index in [9.17, 15) is 4.79 Å². The first kappa shape index (κ1) is 15.1. The summed E-state index contributed by atoms with van der Waals surface area (Å²) < 4.78 is 5.29. The van der Waals surface area contributed by atoms with E-state index < -0.39 is 5.60 Å². The van der Waals surface area contributed by atoms with Gasteiger partial charge in [-0.25, -0.2) is 14.8 Å². The second-order valence-electron chi connectivity index (χ2n) is 5.79. The number of carbonyl (C=O) groups excluding carboxylic acids is 1. The van der Waals surface area contributed by atoms with Gasteiger partial charge in [0.05, 0.1) is 5.39 Å². The molecule has 0 radical (unpaired) electrons. The zero-order chi connectivity index (χ0) is 15.5. The SMILES string of the molecule is CN(CCNc1ncnc2[nH]ccc12)C(=O)OC(C)(C)C. The van der Waals surface area contributed by atoms with Gasteiger partial charge in [0.1, 0.15) is 23.4 Å². The zero-order valence-electron chi connectivity index (χ0n) is 12.8. The fourth-order valence-corrected chi connectivity index (χ4v) is 1.79. The van der Waals surface area contributed by atoms with E-state index in [-0.39, 0.29) is 6.09 Å². The Morgan fingerprint density at radius 3 is 2.90 bits per heavy atom. The molecule has 1 amide bonds. The van der Waals surface area contributed by atoms with Gasteiger partial charge in [-0.2, -0.15) is 0 Å².